The number of nitrogens with zero attached hydrogens (tertiary/aromatic N) is 3. The van der Waals surface area contributed by atoms with Crippen LogP contribution in [0.25, 0.3) is 10.8 Å². The van der Waals surface area contributed by atoms with Crippen LogP contribution in [0.3, 0.4) is 0 Å². The molecule has 2 aromatic heterocycles. The van der Waals surface area contributed by atoms with Crippen molar-refractivity contribution in [3.05, 3.63) is 29.3 Å². The van der Waals surface area contributed by atoms with E-state index in [1.54, 1.807) is 19.5 Å². The van der Waals surface area contributed by atoms with Crippen molar-refractivity contribution >= 4 is 22.4 Å². The van der Waals surface area contributed by atoms with Crippen molar-refractivity contribution < 1.29 is 4.74 Å². The predicted octanol–water partition coefficient (Wildman–Crippen LogP) is 3.04. The second-order valence-corrected chi connectivity index (χ2v) is 5.18. The molecule has 0 spiro atoms. The lowest BCUT2D eigenvalue weighted by Crippen LogP contribution is -2.23. The van der Waals surface area contributed by atoms with Crippen molar-refractivity contribution in [2.24, 2.45) is 0 Å². The molecule has 5 heteroatoms. The predicted molar refractivity (Wildman–Crippen MR) is 71.8 cm³/mol. The van der Waals surface area contributed by atoms with Gasteiger partial charge < -0.3 is 4.74 Å². The van der Waals surface area contributed by atoms with Crippen LogP contribution in [0, 0.1) is 0 Å². The summed E-state index contributed by atoms with van der Waals surface area (Å²) in [5, 5.41) is 10.4. The Morgan fingerprint density at radius 2 is 2.06 bits per heavy atom. The van der Waals surface area contributed by atoms with Crippen LogP contribution in [0.4, 0.5) is 0 Å². The van der Waals surface area contributed by atoms with Gasteiger partial charge in [0.15, 0.2) is 5.15 Å². The third-order valence-corrected chi connectivity index (χ3v) is 3.41. The molecule has 0 unspecified atom stereocenters. The fourth-order valence-electron chi connectivity index (χ4n) is 1.73. The van der Waals surface area contributed by atoms with Gasteiger partial charge in [0.1, 0.15) is 0 Å². The number of aryl methyl sites for hydroxylation is 1. The Morgan fingerprint density at radius 3 is 2.78 bits per heavy atom. The van der Waals surface area contributed by atoms with Crippen molar-refractivity contribution in [3.63, 3.8) is 0 Å². The summed E-state index contributed by atoms with van der Waals surface area (Å²) in [4.78, 5) is 4.06. The Hall–Kier alpha value is -1.26. The van der Waals surface area contributed by atoms with Gasteiger partial charge in [-0.25, -0.2) is 0 Å². The standard InChI is InChI=1S/C13H16ClN3O/c1-13(2,18-3)6-4-11-9-5-7-15-8-10(9)12(14)17-16-11/h5,7-8H,4,6H2,1-3H3. The van der Waals surface area contributed by atoms with E-state index in [9.17, 15) is 0 Å². The maximum Gasteiger partial charge on any atom is 0.161 e. The summed E-state index contributed by atoms with van der Waals surface area (Å²) >= 11 is 6.01. The first kappa shape index (κ1) is 13.2. The summed E-state index contributed by atoms with van der Waals surface area (Å²) in [6.45, 7) is 4.11. The van der Waals surface area contributed by atoms with Crippen LogP contribution in [0.15, 0.2) is 18.5 Å². The van der Waals surface area contributed by atoms with Gasteiger partial charge >= 0.3 is 0 Å². The quantitative estimate of drug-likeness (QED) is 0.853. The Labute approximate surface area is 111 Å². The maximum atomic E-state index is 6.01. The van der Waals surface area contributed by atoms with Gasteiger partial charge in [0.25, 0.3) is 0 Å². The Bertz CT molecular complexity index is 557. The number of aromatic nitrogens is 3. The largest absolute Gasteiger partial charge is 0.379 e. The second kappa shape index (κ2) is 5.16. The first-order valence-corrected chi connectivity index (χ1v) is 6.21. The molecule has 18 heavy (non-hydrogen) atoms. The lowest BCUT2D eigenvalue weighted by atomic mass is 9.99. The minimum Gasteiger partial charge on any atom is -0.379 e. The number of rotatable bonds is 4. The molecule has 0 aliphatic carbocycles. The lowest BCUT2D eigenvalue weighted by molar-refractivity contribution is 0.0156. The van der Waals surface area contributed by atoms with E-state index in [1.165, 1.54) is 0 Å². The number of pyridine rings is 1. The molecule has 2 rings (SSSR count). The highest BCUT2D eigenvalue weighted by Crippen LogP contribution is 2.24. The summed E-state index contributed by atoms with van der Waals surface area (Å²) < 4.78 is 5.41. The SMILES string of the molecule is COC(C)(C)CCc1nnc(Cl)c2cnccc12. The molecule has 2 aromatic rings. The van der Waals surface area contributed by atoms with Gasteiger partial charge in [-0.15, -0.1) is 5.10 Å². The van der Waals surface area contributed by atoms with Gasteiger partial charge in [-0.3, -0.25) is 4.98 Å². The van der Waals surface area contributed by atoms with Crippen LogP contribution < -0.4 is 0 Å². The summed E-state index contributed by atoms with van der Waals surface area (Å²) in [5.41, 5.74) is 0.766. The third kappa shape index (κ3) is 2.76. The molecule has 2 heterocycles. The zero-order valence-corrected chi connectivity index (χ0v) is 11.5. The second-order valence-electron chi connectivity index (χ2n) is 4.82. The van der Waals surface area contributed by atoms with Gasteiger partial charge in [0, 0.05) is 30.3 Å². The van der Waals surface area contributed by atoms with Crippen LogP contribution in [0.2, 0.25) is 5.15 Å². The van der Waals surface area contributed by atoms with Gasteiger partial charge in [-0.2, -0.15) is 5.10 Å². The molecule has 96 valence electrons. The van der Waals surface area contributed by atoms with E-state index in [1.807, 2.05) is 6.07 Å². The molecule has 0 saturated heterocycles. The van der Waals surface area contributed by atoms with Crippen molar-refractivity contribution in [2.75, 3.05) is 7.11 Å². The fourth-order valence-corrected chi connectivity index (χ4v) is 1.92. The molecular formula is C13H16ClN3O. The normalized spacial score (nSPS) is 12.0. The van der Waals surface area contributed by atoms with Crippen LogP contribution in [0.1, 0.15) is 26.0 Å². The molecule has 0 bridgehead atoms. The Morgan fingerprint density at radius 1 is 1.28 bits per heavy atom. The van der Waals surface area contributed by atoms with Gasteiger partial charge in [0.2, 0.25) is 0 Å². The number of methoxy groups -OCH3 is 1. The number of hydrogen-bond acceptors (Lipinski definition) is 4. The van der Waals surface area contributed by atoms with Crippen LogP contribution in [-0.2, 0) is 11.2 Å². The Kier molecular flexibility index (Phi) is 3.78. The van der Waals surface area contributed by atoms with Crippen LogP contribution >= 0.6 is 11.6 Å². The minimum atomic E-state index is -0.166. The van der Waals surface area contributed by atoms with E-state index in [0.717, 1.165) is 29.3 Å². The van der Waals surface area contributed by atoms with E-state index in [-0.39, 0.29) is 5.60 Å². The molecule has 0 fully saturated rings. The molecule has 0 N–H and O–H groups in total. The molecule has 0 atom stereocenters. The van der Waals surface area contributed by atoms with E-state index < -0.39 is 0 Å². The molecule has 0 aromatic carbocycles. The zero-order chi connectivity index (χ0) is 13.2. The van der Waals surface area contributed by atoms with Crippen molar-refractivity contribution in [1.82, 2.24) is 15.2 Å². The van der Waals surface area contributed by atoms with Crippen molar-refractivity contribution in [2.45, 2.75) is 32.3 Å². The third-order valence-electron chi connectivity index (χ3n) is 3.13. The van der Waals surface area contributed by atoms with Gasteiger partial charge in [-0.1, -0.05) is 11.6 Å². The first-order valence-electron chi connectivity index (χ1n) is 5.83. The molecular weight excluding hydrogens is 250 g/mol. The highest BCUT2D eigenvalue weighted by atomic mass is 35.5. The summed E-state index contributed by atoms with van der Waals surface area (Å²) in [7, 11) is 1.72. The monoisotopic (exact) mass is 265 g/mol. The number of hydrogen-bond donors (Lipinski definition) is 0. The summed E-state index contributed by atoms with van der Waals surface area (Å²) in [6.07, 6.45) is 5.13. The van der Waals surface area contributed by atoms with Crippen LogP contribution in [-0.4, -0.2) is 27.9 Å². The molecule has 0 aliphatic rings. The zero-order valence-electron chi connectivity index (χ0n) is 10.8. The van der Waals surface area contributed by atoms with E-state index in [0.29, 0.717) is 5.15 Å². The molecule has 0 radical (unpaired) electrons. The highest BCUT2D eigenvalue weighted by molar-refractivity contribution is 6.34. The van der Waals surface area contributed by atoms with Crippen molar-refractivity contribution in [1.29, 1.82) is 0 Å². The average Bonchev–Trinajstić information content (AvgIpc) is 2.38. The molecule has 0 amide bonds. The average molecular weight is 266 g/mol. The smallest absolute Gasteiger partial charge is 0.161 e. The number of ether oxygens (including phenoxy) is 1. The molecule has 0 aliphatic heterocycles. The minimum absolute atomic E-state index is 0.166. The molecule has 0 saturated carbocycles. The van der Waals surface area contributed by atoms with Crippen LogP contribution in [0.5, 0.6) is 0 Å². The summed E-state index contributed by atoms with van der Waals surface area (Å²) in [5.74, 6) is 0. The lowest BCUT2D eigenvalue weighted by Gasteiger charge is -2.22. The van der Waals surface area contributed by atoms with E-state index in [4.69, 9.17) is 16.3 Å². The van der Waals surface area contributed by atoms with E-state index in [2.05, 4.69) is 29.0 Å². The highest BCUT2D eigenvalue weighted by Gasteiger charge is 2.17. The first-order chi connectivity index (χ1) is 8.53. The summed E-state index contributed by atoms with van der Waals surface area (Å²) in [6, 6.07) is 1.92. The van der Waals surface area contributed by atoms with Crippen molar-refractivity contribution in [3.8, 4) is 0 Å². The fraction of sp³-hybridized carbons (Fsp3) is 0.462. The van der Waals surface area contributed by atoms with E-state index >= 15 is 0 Å². The topological polar surface area (TPSA) is 47.9 Å². The molecule has 4 nitrogen and oxygen atoms in total. The number of fused-ring (bicyclic) bond motifs is 1. The van der Waals surface area contributed by atoms with Gasteiger partial charge in [-0.05, 0) is 32.8 Å². The maximum absolute atomic E-state index is 6.01. The Balaban J connectivity index is 2.32. The van der Waals surface area contributed by atoms with Gasteiger partial charge in [0.05, 0.1) is 11.3 Å². The number of halogens is 1.